The molecule has 2 aromatic rings. The minimum Gasteiger partial charge on any atom is -0.383 e. The highest BCUT2D eigenvalue weighted by Crippen LogP contribution is 2.29. The Morgan fingerprint density at radius 3 is 2.38 bits per heavy atom. The van der Waals surface area contributed by atoms with E-state index in [1.54, 1.807) is 24.3 Å². The smallest absolute Gasteiger partial charge is 0.248 e. The Labute approximate surface area is 123 Å². The van der Waals surface area contributed by atoms with Crippen molar-refractivity contribution in [1.82, 2.24) is 4.98 Å². The largest absolute Gasteiger partial charge is 0.383 e. The summed E-state index contributed by atoms with van der Waals surface area (Å²) in [6, 6.07) is 10.7. The Morgan fingerprint density at radius 1 is 1.29 bits per heavy atom. The summed E-state index contributed by atoms with van der Waals surface area (Å²) in [5.41, 5.74) is 14.2. The molecular weight excluding hydrogens is 264 g/mol. The third-order valence-electron chi connectivity index (χ3n) is 3.25. The molecular formula is C16H16N4O. The van der Waals surface area contributed by atoms with Crippen molar-refractivity contribution >= 4 is 11.7 Å². The zero-order valence-electron chi connectivity index (χ0n) is 11.9. The van der Waals surface area contributed by atoms with E-state index in [0.717, 1.165) is 11.3 Å². The standard InChI is InChI=1S/C16H16N4O/c1-9(2)14-7-12(13(8-17)15(18)20-14)10-3-5-11(6-4-10)16(19)21/h3-7,9H,1-2H3,(H2,18,20)(H2,19,21). The normalized spacial score (nSPS) is 10.4. The molecule has 0 saturated carbocycles. The van der Waals surface area contributed by atoms with Crippen molar-refractivity contribution in [2.24, 2.45) is 5.73 Å². The van der Waals surface area contributed by atoms with Gasteiger partial charge in [-0.3, -0.25) is 4.79 Å². The maximum Gasteiger partial charge on any atom is 0.248 e. The Hall–Kier alpha value is -2.87. The van der Waals surface area contributed by atoms with E-state index < -0.39 is 5.91 Å². The summed E-state index contributed by atoms with van der Waals surface area (Å²) in [4.78, 5) is 15.4. The van der Waals surface area contributed by atoms with Gasteiger partial charge in [0.05, 0.1) is 0 Å². The molecule has 5 heteroatoms. The van der Waals surface area contributed by atoms with Gasteiger partial charge in [-0.2, -0.15) is 5.26 Å². The zero-order chi connectivity index (χ0) is 15.6. The van der Waals surface area contributed by atoms with Crippen LogP contribution in [0.2, 0.25) is 0 Å². The lowest BCUT2D eigenvalue weighted by Crippen LogP contribution is -2.10. The van der Waals surface area contributed by atoms with Gasteiger partial charge in [-0.05, 0) is 29.7 Å². The van der Waals surface area contributed by atoms with Crippen molar-refractivity contribution < 1.29 is 4.79 Å². The highest BCUT2D eigenvalue weighted by atomic mass is 16.1. The average molecular weight is 280 g/mol. The average Bonchev–Trinajstić information content (AvgIpc) is 2.46. The van der Waals surface area contributed by atoms with Crippen molar-refractivity contribution in [3.05, 3.63) is 47.2 Å². The molecule has 106 valence electrons. The van der Waals surface area contributed by atoms with Crippen LogP contribution in [0.4, 0.5) is 5.82 Å². The second-order valence-electron chi connectivity index (χ2n) is 5.06. The number of nitriles is 1. The summed E-state index contributed by atoms with van der Waals surface area (Å²) in [5, 5.41) is 9.29. The van der Waals surface area contributed by atoms with Crippen molar-refractivity contribution in [2.75, 3.05) is 5.73 Å². The highest BCUT2D eigenvalue weighted by Gasteiger charge is 2.14. The van der Waals surface area contributed by atoms with Crippen LogP contribution in [0.5, 0.6) is 0 Å². The van der Waals surface area contributed by atoms with Gasteiger partial charge in [0.2, 0.25) is 5.91 Å². The summed E-state index contributed by atoms with van der Waals surface area (Å²) >= 11 is 0. The van der Waals surface area contributed by atoms with Gasteiger partial charge in [-0.25, -0.2) is 4.98 Å². The number of pyridine rings is 1. The SMILES string of the molecule is CC(C)c1cc(-c2ccc(C(N)=O)cc2)c(C#N)c(N)n1. The van der Waals surface area contributed by atoms with Gasteiger partial charge in [-0.1, -0.05) is 26.0 Å². The van der Waals surface area contributed by atoms with E-state index in [1.807, 2.05) is 19.9 Å². The molecule has 4 N–H and O–H groups in total. The first kappa shape index (κ1) is 14.5. The molecule has 0 saturated heterocycles. The summed E-state index contributed by atoms with van der Waals surface area (Å²) < 4.78 is 0. The highest BCUT2D eigenvalue weighted by molar-refractivity contribution is 5.93. The van der Waals surface area contributed by atoms with Gasteiger partial charge >= 0.3 is 0 Å². The van der Waals surface area contributed by atoms with Crippen molar-refractivity contribution in [3.63, 3.8) is 0 Å². The van der Waals surface area contributed by atoms with Gasteiger partial charge < -0.3 is 11.5 Å². The summed E-state index contributed by atoms with van der Waals surface area (Å²) in [6.45, 7) is 4.02. The molecule has 5 nitrogen and oxygen atoms in total. The zero-order valence-corrected chi connectivity index (χ0v) is 11.9. The van der Waals surface area contributed by atoms with Crippen LogP contribution < -0.4 is 11.5 Å². The predicted octanol–water partition coefficient (Wildman–Crippen LogP) is 2.42. The second kappa shape index (κ2) is 5.63. The maximum atomic E-state index is 11.1. The predicted molar refractivity (Wildman–Crippen MR) is 81.4 cm³/mol. The fourth-order valence-electron chi connectivity index (χ4n) is 2.04. The molecule has 0 aliphatic carbocycles. The van der Waals surface area contributed by atoms with E-state index in [0.29, 0.717) is 16.7 Å². The molecule has 1 heterocycles. The first-order chi connectivity index (χ1) is 9.93. The molecule has 0 aliphatic heterocycles. The molecule has 21 heavy (non-hydrogen) atoms. The molecule has 0 aliphatic rings. The number of anilines is 1. The molecule has 0 atom stereocenters. The van der Waals surface area contributed by atoms with E-state index in [9.17, 15) is 10.1 Å². The number of nitrogen functional groups attached to an aromatic ring is 1. The maximum absolute atomic E-state index is 11.1. The minimum absolute atomic E-state index is 0.198. The van der Waals surface area contributed by atoms with Crippen LogP contribution in [0.1, 0.15) is 41.4 Å². The number of carbonyl (C=O) groups is 1. The van der Waals surface area contributed by atoms with Gasteiger partial charge in [0, 0.05) is 16.8 Å². The molecule has 0 spiro atoms. The van der Waals surface area contributed by atoms with Crippen molar-refractivity contribution in [1.29, 1.82) is 5.26 Å². The number of carbonyl (C=O) groups excluding carboxylic acids is 1. The first-order valence-electron chi connectivity index (χ1n) is 6.54. The van der Waals surface area contributed by atoms with Crippen LogP contribution in [0, 0.1) is 11.3 Å². The second-order valence-corrected chi connectivity index (χ2v) is 5.06. The van der Waals surface area contributed by atoms with Crippen molar-refractivity contribution in [2.45, 2.75) is 19.8 Å². The number of nitrogens with zero attached hydrogens (tertiary/aromatic N) is 2. The van der Waals surface area contributed by atoms with Gasteiger partial charge in [0.1, 0.15) is 17.5 Å². The number of rotatable bonds is 3. The number of amides is 1. The molecule has 0 bridgehead atoms. The van der Waals surface area contributed by atoms with E-state index >= 15 is 0 Å². The molecule has 2 rings (SSSR count). The van der Waals surface area contributed by atoms with E-state index in [-0.39, 0.29) is 11.7 Å². The molecule has 1 aromatic carbocycles. The van der Waals surface area contributed by atoms with E-state index in [1.165, 1.54) is 0 Å². The van der Waals surface area contributed by atoms with Gasteiger partial charge in [0.15, 0.2) is 0 Å². The fourth-order valence-corrected chi connectivity index (χ4v) is 2.04. The summed E-state index contributed by atoms with van der Waals surface area (Å²) in [6.07, 6.45) is 0. The number of nitrogens with two attached hydrogens (primary N) is 2. The van der Waals surface area contributed by atoms with Gasteiger partial charge in [-0.15, -0.1) is 0 Å². The molecule has 1 aromatic heterocycles. The van der Waals surface area contributed by atoms with Crippen LogP contribution in [-0.2, 0) is 0 Å². The minimum atomic E-state index is -0.487. The Morgan fingerprint density at radius 2 is 1.90 bits per heavy atom. The van der Waals surface area contributed by atoms with E-state index in [2.05, 4.69) is 11.1 Å². The van der Waals surface area contributed by atoms with Crippen LogP contribution in [0.25, 0.3) is 11.1 Å². The number of benzene rings is 1. The Bertz CT molecular complexity index is 727. The lowest BCUT2D eigenvalue weighted by Gasteiger charge is -2.12. The lowest BCUT2D eigenvalue weighted by molar-refractivity contribution is 0.100. The van der Waals surface area contributed by atoms with Crippen LogP contribution in [0.15, 0.2) is 30.3 Å². The number of primary amides is 1. The quantitative estimate of drug-likeness (QED) is 0.900. The lowest BCUT2D eigenvalue weighted by atomic mass is 9.97. The van der Waals surface area contributed by atoms with Gasteiger partial charge in [0.25, 0.3) is 0 Å². The third kappa shape index (κ3) is 2.84. The molecule has 0 fully saturated rings. The number of aromatic nitrogens is 1. The number of hydrogen-bond donors (Lipinski definition) is 2. The van der Waals surface area contributed by atoms with Crippen LogP contribution in [0.3, 0.4) is 0 Å². The molecule has 0 unspecified atom stereocenters. The van der Waals surface area contributed by atoms with E-state index in [4.69, 9.17) is 11.5 Å². The first-order valence-corrected chi connectivity index (χ1v) is 6.54. The Kier molecular flexibility index (Phi) is 3.90. The summed E-state index contributed by atoms with van der Waals surface area (Å²) in [7, 11) is 0. The monoisotopic (exact) mass is 280 g/mol. The van der Waals surface area contributed by atoms with Crippen LogP contribution >= 0.6 is 0 Å². The molecule has 0 radical (unpaired) electrons. The van der Waals surface area contributed by atoms with Crippen LogP contribution in [-0.4, -0.2) is 10.9 Å². The molecule has 1 amide bonds. The number of hydrogen-bond acceptors (Lipinski definition) is 4. The fraction of sp³-hybridized carbons (Fsp3) is 0.188. The topological polar surface area (TPSA) is 106 Å². The third-order valence-corrected chi connectivity index (χ3v) is 3.25. The Balaban J connectivity index is 2.61. The van der Waals surface area contributed by atoms with Crippen molar-refractivity contribution in [3.8, 4) is 17.2 Å². The summed E-state index contributed by atoms with van der Waals surface area (Å²) in [5.74, 6) is -0.0690.